The molecule has 1 fully saturated rings. The van der Waals surface area contributed by atoms with Gasteiger partial charge in [0.1, 0.15) is 12.4 Å². The highest BCUT2D eigenvalue weighted by molar-refractivity contribution is 5.39. The van der Waals surface area contributed by atoms with Crippen LogP contribution in [0, 0.1) is 0 Å². The van der Waals surface area contributed by atoms with Crippen LogP contribution >= 0.6 is 0 Å². The van der Waals surface area contributed by atoms with E-state index in [1.807, 2.05) is 23.0 Å². The molecule has 1 aliphatic heterocycles. The molecule has 0 unspecified atom stereocenters. The van der Waals surface area contributed by atoms with Crippen molar-refractivity contribution < 1.29 is 4.74 Å². The third-order valence-electron chi connectivity index (χ3n) is 4.56. The average molecular weight is 327 g/mol. The molecule has 2 aromatic rings. The van der Waals surface area contributed by atoms with Crippen molar-refractivity contribution in [2.24, 2.45) is 0 Å². The molecule has 1 aromatic carbocycles. The molecular weight excluding hydrogens is 298 g/mol. The van der Waals surface area contributed by atoms with Gasteiger partial charge < -0.3 is 4.74 Å². The lowest BCUT2D eigenvalue weighted by atomic mass is 9.93. The zero-order valence-corrected chi connectivity index (χ0v) is 15.2. The van der Waals surface area contributed by atoms with Gasteiger partial charge in [-0.05, 0) is 44.1 Å². The van der Waals surface area contributed by atoms with Crippen molar-refractivity contribution in [3.63, 3.8) is 0 Å². The molecule has 3 rings (SSSR count). The van der Waals surface area contributed by atoms with Crippen LogP contribution in [0.25, 0.3) is 5.69 Å². The van der Waals surface area contributed by atoms with E-state index in [-0.39, 0.29) is 5.41 Å². The van der Waals surface area contributed by atoms with E-state index in [0.717, 1.165) is 30.3 Å². The van der Waals surface area contributed by atoms with Crippen molar-refractivity contribution >= 4 is 0 Å². The zero-order valence-electron chi connectivity index (χ0n) is 15.2. The molecule has 4 heteroatoms. The number of benzene rings is 1. The third kappa shape index (κ3) is 4.38. The SMILES string of the molecule is CC(C)(C)c1ccn(-c2cccc(OCCN3CCCCC3)c2)n1. The molecule has 0 saturated carbocycles. The Hall–Kier alpha value is -1.81. The Morgan fingerprint density at radius 3 is 2.58 bits per heavy atom. The van der Waals surface area contributed by atoms with Gasteiger partial charge in [-0.15, -0.1) is 0 Å². The summed E-state index contributed by atoms with van der Waals surface area (Å²) in [6, 6.07) is 10.3. The molecule has 2 heterocycles. The Morgan fingerprint density at radius 2 is 1.88 bits per heavy atom. The van der Waals surface area contributed by atoms with Gasteiger partial charge in [0.05, 0.1) is 11.4 Å². The maximum atomic E-state index is 5.96. The van der Waals surface area contributed by atoms with Gasteiger partial charge in [0.2, 0.25) is 0 Å². The Labute approximate surface area is 145 Å². The summed E-state index contributed by atoms with van der Waals surface area (Å²) in [5.41, 5.74) is 2.20. The van der Waals surface area contributed by atoms with Crippen molar-refractivity contribution in [2.45, 2.75) is 45.4 Å². The number of hydrogen-bond donors (Lipinski definition) is 0. The summed E-state index contributed by atoms with van der Waals surface area (Å²) < 4.78 is 7.89. The minimum Gasteiger partial charge on any atom is -0.492 e. The van der Waals surface area contributed by atoms with E-state index in [1.54, 1.807) is 0 Å². The number of rotatable bonds is 5. The van der Waals surface area contributed by atoms with Gasteiger partial charge in [0.25, 0.3) is 0 Å². The van der Waals surface area contributed by atoms with Gasteiger partial charge in [0, 0.05) is 24.2 Å². The maximum absolute atomic E-state index is 5.96. The first kappa shape index (κ1) is 17.0. The monoisotopic (exact) mass is 327 g/mol. The summed E-state index contributed by atoms with van der Waals surface area (Å²) in [7, 11) is 0. The highest BCUT2D eigenvalue weighted by Crippen LogP contribution is 2.22. The van der Waals surface area contributed by atoms with E-state index < -0.39 is 0 Å². The van der Waals surface area contributed by atoms with Crippen molar-refractivity contribution in [1.82, 2.24) is 14.7 Å². The average Bonchev–Trinajstić information content (AvgIpc) is 3.07. The highest BCUT2D eigenvalue weighted by Gasteiger charge is 2.17. The first-order chi connectivity index (χ1) is 11.5. The van der Waals surface area contributed by atoms with E-state index in [9.17, 15) is 0 Å². The van der Waals surface area contributed by atoms with Crippen LogP contribution in [0.2, 0.25) is 0 Å². The number of hydrogen-bond acceptors (Lipinski definition) is 3. The zero-order chi connectivity index (χ0) is 17.0. The number of piperidine rings is 1. The summed E-state index contributed by atoms with van der Waals surface area (Å²) in [5.74, 6) is 0.914. The van der Waals surface area contributed by atoms with E-state index in [4.69, 9.17) is 9.84 Å². The first-order valence-corrected chi connectivity index (χ1v) is 9.04. The fourth-order valence-electron chi connectivity index (χ4n) is 3.06. The van der Waals surface area contributed by atoms with Gasteiger partial charge in [-0.1, -0.05) is 33.3 Å². The van der Waals surface area contributed by atoms with Gasteiger partial charge >= 0.3 is 0 Å². The number of ether oxygens (including phenoxy) is 1. The number of aromatic nitrogens is 2. The summed E-state index contributed by atoms with van der Waals surface area (Å²) >= 11 is 0. The Balaban J connectivity index is 1.60. The molecule has 4 nitrogen and oxygen atoms in total. The molecular formula is C20H29N3O. The minimum absolute atomic E-state index is 0.0633. The second kappa shape index (κ2) is 7.39. The first-order valence-electron chi connectivity index (χ1n) is 9.04. The molecule has 0 radical (unpaired) electrons. The molecule has 0 aliphatic carbocycles. The summed E-state index contributed by atoms with van der Waals surface area (Å²) in [4.78, 5) is 2.50. The number of likely N-dealkylation sites (tertiary alicyclic amines) is 1. The normalized spacial score (nSPS) is 16.3. The van der Waals surface area contributed by atoms with E-state index in [1.165, 1.54) is 32.4 Å². The summed E-state index contributed by atoms with van der Waals surface area (Å²) in [6.07, 6.45) is 6.04. The standard InChI is InChI=1S/C20H29N3O/c1-20(2,3)19-10-13-23(21-19)17-8-7-9-18(16-17)24-15-14-22-11-5-4-6-12-22/h7-10,13,16H,4-6,11-12,14-15H2,1-3H3. The lowest BCUT2D eigenvalue weighted by Crippen LogP contribution is -2.33. The molecule has 24 heavy (non-hydrogen) atoms. The maximum Gasteiger partial charge on any atom is 0.121 e. The minimum atomic E-state index is 0.0633. The number of nitrogens with zero attached hydrogens (tertiary/aromatic N) is 3. The third-order valence-corrected chi connectivity index (χ3v) is 4.56. The van der Waals surface area contributed by atoms with Gasteiger partial charge in [-0.2, -0.15) is 5.10 Å². The lowest BCUT2D eigenvalue weighted by molar-refractivity contribution is 0.183. The fraction of sp³-hybridized carbons (Fsp3) is 0.550. The molecule has 1 saturated heterocycles. The van der Waals surface area contributed by atoms with Crippen LogP contribution in [0.1, 0.15) is 45.7 Å². The molecule has 1 aliphatic rings. The molecule has 0 spiro atoms. The van der Waals surface area contributed by atoms with Gasteiger partial charge in [-0.3, -0.25) is 4.90 Å². The quantitative estimate of drug-likeness (QED) is 0.830. The largest absolute Gasteiger partial charge is 0.492 e. The van der Waals surface area contributed by atoms with Crippen molar-refractivity contribution in [3.05, 3.63) is 42.2 Å². The topological polar surface area (TPSA) is 30.3 Å². The van der Waals surface area contributed by atoms with Gasteiger partial charge in [0.15, 0.2) is 0 Å². The van der Waals surface area contributed by atoms with Crippen LogP contribution in [-0.2, 0) is 5.41 Å². The predicted molar refractivity (Wildman–Crippen MR) is 98.1 cm³/mol. The second-order valence-corrected chi connectivity index (χ2v) is 7.64. The fourth-order valence-corrected chi connectivity index (χ4v) is 3.06. The van der Waals surface area contributed by atoms with Gasteiger partial charge in [-0.25, -0.2) is 4.68 Å². The Morgan fingerprint density at radius 1 is 1.08 bits per heavy atom. The van der Waals surface area contributed by atoms with Crippen molar-refractivity contribution in [1.29, 1.82) is 0 Å². The van der Waals surface area contributed by atoms with Crippen LogP contribution in [-0.4, -0.2) is 40.9 Å². The highest BCUT2D eigenvalue weighted by atomic mass is 16.5. The van der Waals surface area contributed by atoms with Crippen LogP contribution < -0.4 is 4.74 Å². The molecule has 0 atom stereocenters. The summed E-state index contributed by atoms with van der Waals surface area (Å²) in [6.45, 7) is 10.7. The summed E-state index contributed by atoms with van der Waals surface area (Å²) in [5, 5.41) is 4.70. The molecule has 1 aromatic heterocycles. The Bertz CT molecular complexity index is 651. The predicted octanol–water partition coefficient (Wildman–Crippen LogP) is 4.03. The van der Waals surface area contributed by atoms with Crippen molar-refractivity contribution in [3.8, 4) is 11.4 Å². The lowest BCUT2D eigenvalue weighted by Gasteiger charge is -2.26. The van der Waals surface area contributed by atoms with Crippen LogP contribution in [0.3, 0.4) is 0 Å². The molecule has 0 amide bonds. The second-order valence-electron chi connectivity index (χ2n) is 7.64. The van der Waals surface area contributed by atoms with Crippen LogP contribution in [0.15, 0.2) is 36.5 Å². The van der Waals surface area contributed by atoms with Crippen LogP contribution in [0.5, 0.6) is 5.75 Å². The van der Waals surface area contributed by atoms with E-state index in [2.05, 4.69) is 43.9 Å². The van der Waals surface area contributed by atoms with E-state index in [0.29, 0.717) is 0 Å². The molecule has 0 N–H and O–H groups in total. The van der Waals surface area contributed by atoms with E-state index >= 15 is 0 Å². The van der Waals surface area contributed by atoms with Crippen molar-refractivity contribution in [2.75, 3.05) is 26.2 Å². The smallest absolute Gasteiger partial charge is 0.121 e. The molecule has 0 bridgehead atoms. The Kier molecular flexibility index (Phi) is 5.24. The van der Waals surface area contributed by atoms with Crippen LogP contribution in [0.4, 0.5) is 0 Å². The molecule has 130 valence electrons.